The highest BCUT2D eigenvalue weighted by molar-refractivity contribution is 8.00. The van der Waals surface area contributed by atoms with Gasteiger partial charge in [-0.1, -0.05) is 0 Å². The van der Waals surface area contributed by atoms with Crippen LogP contribution < -0.4 is 5.32 Å². The van der Waals surface area contributed by atoms with E-state index in [0.29, 0.717) is 17.3 Å². The van der Waals surface area contributed by atoms with Gasteiger partial charge in [0.15, 0.2) is 0 Å². The van der Waals surface area contributed by atoms with Crippen molar-refractivity contribution < 1.29 is 14.7 Å². The Bertz CT molecular complexity index is 1080. The van der Waals surface area contributed by atoms with Gasteiger partial charge >= 0.3 is 5.97 Å². The van der Waals surface area contributed by atoms with Gasteiger partial charge in [-0.05, 0) is 38.1 Å². The monoisotopic (exact) mass is 397 g/mol. The molecule has 0 unspecified atom stereocenters. The number of carbonyl (C=O) groups excluding carboxylic acids is 1. The molecule has 0 saturated carbocycles. The Morgan fingerprint density at radius 3 is 2.54 bits per heavy atom. The van der Waals surface area contributed by atoms with E-state index in [4.69, 9.17) is 5.11 Å². The number of hydrogen-bond donors (Lipinski definition) is 2. The maximum absolute atomic E-state index is 12.4. The first-order valence-corrected chi connectivity index (χ1v) is 9.75. The normalized spacial score (nSPS) is 16.4. The number of amides is 1. The van der Waals surface area contributed by atoms with E-state index in [9.17, 15) is 9.59 Å². The number of aromatic carboxylic acids is 1. The van der Waals surface area contributed by atoms with E-state index >= 15 is 0 Å². The topological polar surface area (TPSA) is 102 Å². The van der Waals surface area contributed by atoms with Crippen molar-refractivity contribution in [3.05, 3.63) is 58.5 Å². The van der Waals surface area contributed by atoms with E-state index in [0.717, 1.165) is 22.5 Å². The Labute approximate surface area is 165 Å². The van der Waals surface area contributed by atoms with Crippen LogP contribution in [0.15, 0.2) is 30.5 Å². The number of fused-ring (bicyclic) bond motifs is 1. The Hall–Kier alpha value is -3.07. The number of thioether (sulfide) groups is 1. The van der Waals surface area contributed by atoms with Crippen molar-refractivity contribution in [2.45, 2.75) is 19.1 Å². The number of anilines is 1. The van der Waals surface area contributed by atoms with E-state index in [1.54, 1.807) is 33.3 Å². The summed E-state index contributed by atoms with van der Waals surface area (Å²) < 4.78 is 3.44. The zero-order valence-corrected chi connectivity index (χ0v) is 16.4. The van der Waals surface area contributed by atoms with Gasteiger partial charge in [0, 0.05) is 24.4 Å². The summed E-state index contributed by atoms with van der Waals surface area (Å²) in [6.07, 6.45) is 1.98. The molecule has 1 aliphatic heterocycles. The number of aryl methyl sites for hydroxylation is 3. The fourth-order valence-electron chi connectivity index (χ4n) is 3.44. The summed E-state index contributed by atoms with van der Waals surface area (Å²) >= 11 is 1.55. The quantitative estimate of drug-likeness (QED) is 0.705. The molecule has 0 bridgehead atoms. The van der Waals surface area contributed by atoms with Crippen molar-refractivity contribution in [3.63, 3.8) is 0 Å². The van der Waals surface area contributed by atoms with Crippen LogP contribution in [-0.4, -0.2) is 42.3 Å². The summed E-state index contributed by atoms with van der Waals surface area (Å²) in [5.41, 5.74) is 4.59. The number of nitrogens with one attached hydrogen (secondary N) is 1. The molecule has 1 amide bonds. The van der Waals surface area contributed by atoms with Crippen LogP contribution in [0, 0.1) is 13.8 Å². The minimum Gasteiger partial charge on any atom is -0.478 e. The maximum Gasteiger partial charge on any atom is 0.335 e. The third kappa shape index (κ3) is 3.07. The fraction of sp³-hybridized carbons (Fsp3) is 0.263. The lowest BCUT2D eigenvalue weighted by Crippen LogP contribution is -2.15. The average Bonchev–Trinajstić information content (AvgIpc) is 3.08. The van der Waals surface area contributed by atoms with E-state index in [1.165, 1.54) is 12.1 Å². The van der Waals surface area contributed by atoms with Crippen molar-refractivity contribution >= 4 is 29.5 Å². The molecule has 8 nitrogen and oxygen atoms in total. The van der Waals surface area contributed by atoms with Gasteiger partial charge in [-0.25, -0.2) is 9.48 Å². The lowest BCUT2D eigenvalue weighted by atomic mass is 10.1. The van der Waals surface area contributed by atoms with Gasteiger partial charge in [-0.15, -0.1) is 11.8 Å². The van der Waals surface area contributed by atoms with Gasteiger partial charge in [0.05, 0.1) is 33.6 Å². The number of carbonyl (C=O) groups is 2. The molecular weight excluding hydrogens is 378 g/mol. The molecule has 2 N–H and O–H groups in total. The first kappa shape index (κ1) is 18.3. The van der Waals surface area contributed by atoms with Gasteiger partial charge in [0.1, 0.15) is 5.82 Å². The van der Waals surface area contributed by atoms with E-state index < -0.39 is 5.97 Å². The van der Waals surface area contributed by atoms with E-state index in [1.807, 2.05) is 27.1 Å². The number of aromatic nitrogens is 4. The molecule has 2 aromatic heterocycles. The molecule has 1 aromatic carbocycles. The Morgan fingerprint density at radius 2 is 1.93 bits per heavy atom. The molecule has 3 aromatic rings. The van der Waals surface area contributed by atoms with Gasteiger partial charge in [-0.2, -0.15) is 10.2 Å². The number of nitrogens with zero attached hydrogens (tertiary/aromatic N) is 4. The predicted octanol–water partition coefficient (Wildman–Crippen LogP) is 2.70. The summed E-state index contributed by atoms with van der Waals surface area (Å²) in [6.45, 7) is 3.87. The predicted molar refractivity (Wildman–Crippen MR) is 106 cm³/mol. The van der Waals surface area contributed by atoms with Crippen molar-refractivity contribution in [1.29, 1.82) is 0 Å². The summed E-state index contributed by atoms with van der Waals surface area (Å²) in [5.74, 6) is -0.147. The highest BCUT2D eigenvalue weighted by Gasteiger charge is 2.32. The Balaban J connectivity index is 1.86. The molecule has 1 aliphatic rings. The van der Waals surface area contributed by atoms with Crippen LogP contribution in [0.4, 0.5) is 5.82 Å². The summed E-state index contributed by atoms with van der Waals surface area (Å²) in [7, 11) is 1.88. The second-order valence-electron chi connectivity index (χ2n) is 6.69. The van der Waals surface area contributed by atoms with Crippen LogP contribution in [0.2, 0.25) is 0 Å². The fourth-order valence-corrected chi connectivity index (χ4v) is 4.69. The molecule has 9 heteroatoms. The van der Waals surface area contributed by atoms with Crippen LogP contribution in [0.3, 0.4) is 0 Å². The smallest absolute Gasteiger partial charge is 0.335 e. The van der Waals surface area contributed by atoms with Crippen LogP contribution in [0.5, 0.6) is 0 Å². The van der Waals surface area contributed by atoms with E-state index in [2.05, 4.69) is 15.5 Å². The lowest BCUT2D eigenvalue weighted by Gasteiger charge is -2.14. The second kappa shape index (κ2) is 6.83. The maximum atomic E-state index is 12.4. The second-order valence-corrected chi connectivity index (χ2v) is 7.79. The van der Waals surface area contributed by atoms with Crippen molar-refractivity contribution in [2.75, 3.05) is 11.1 Å². The molecule has 0 fully saturated rings. The van der Waals surface area contributed by atoms with Crippen LogP contribution in [-0.2, 0) is 11.8 Å². The summed E-state index contributed by atoms with van der Waals surface area (Å²) in [5, 5.41) is 21.1. The number of rotatable bonds is 3. The van der Waals surface area contributed by atoms with Crippen molar-refractivity contribution in [2.24, 2.45) is 7.05 Å². The summed E-state index contributed by atoms with van der Waals surface area (Å²) in [6, 6.07) is 6.42. The van der Waals surface area contributed by atoms with Crippen LogP contribution in [0.25, 0.3) is 5.69 Å². The highest BCUT2D eigenvalue weighted by Crippen LogP contribution is 2.44. The van der Waals surface area contributed by atoms with Gasteiger partial charge in [-0.3, -0.25) is 9.48 Å². The van der Waals surface area contributed by atoms with Crippen LogP contribution in [0.1, 0.15) is 38.1 Å². The molecule has 1 atom stereocenters. The van der Waals surface area contributed by atoms with Gasteiger partial charge < -0.3 is 10.4 Å². The van der Waals surface area contributed by atoms with Crippen molar-refractivity contribution in [1.82, 2.24) is 19.6 Å². The number of carboxylic acids is 1. The first-order chi connectivity index (χ1) is 13.3. The molecule has 28 heavy (non-hydrogen) atoms. The molecular formula is C19H19N5O3S. The minimum atomic E-state index is -0.987. The zero-order chi connectivity index (χ0) is 20.0. The lowest BCUT2D eigenvalue weighted by molar-refractivity contribution is -0.113. The molecule has 0 radical (unpaired) electrons. The number of hydrogen-bond acceptors (Lipinski definition) is 5. The van der Waals surface area contributed by atoms with Gasteiger partial charge in [0.25, 0.3) is 0 Å². The van der Waals surface area contributed by atoms with Crippen molar-refractivity contribution in [3.8, 4) is 5.69 Å². The van der Waals surface area contributed by atoms with E-state index in [-0.39, 0.29) is 16.7 Å². The molecule has 0 spiro atoms. The average molecular weight is 397 g/mol. The van der Waals surface area contributed by atoms with Crippen LogP contribution >= 0.6 is 11.8 Å². The molecule has 0 saturated heterocycles. The number of carboxylic acid groups (broad SMARTS) is 1. The van der Waals surface area contributed by atoms with Gasteiger partial charge in [0.2, 0.25) is 5.91 Å². The highest BCUT2D eigenvalue weighted by atomic mass is 32.2. The molecule has 144 valence electrons. The summed E-state index contributed by atoms with van der Waals surface area (Å²) in [4.78, 5) is 23.5. The zero-order valence-electron chi connectivity index (χ0n) is 15.6. The standard InChI is InChI=1S/C19H19N5O3S/c1-10-14(8-23(3)21-10)17-16-11(2)22-24(18(16)20-15(25)9-28-17)13-6-4-12(5-7-13)19(26)27/h4-8,17H,9H2,1-3H3,(H,20,25)(H,26,27)/t17-/m1/s1. The Kier molecular flexibility index (Phi) is 4.46. The molecule has 4 rings (SSSR count). The first-order valence-electron chi connectivity index (χ1n) is 8.70. The minimum absolute atomic E-state index is 0.0744. The number of benzene rings is 1. The SMILES string of the molecule is Cc1nn(C)cc1[C@H]1SCC(=O)Nc2c1c(C)nn2-c1ccc(C(=O)O)cc1. The third-order valence-corrected chi connectivity index (χ3v) is 5.95. The molecule has 3 heterocycles. The third-order valence-electron chi connectivity index (χ3n) is 4.70. The largest absolute Gasteiger partial charge is 0.478 e. The molecule has 0 aliphatic carbocycles. The Morgan fingerprint density at radius 1 is 1.21 bits per heavy atom.